The predicted molar refractivity (Wildman–Crippen MR) is 87.3 cm³/mol. The third-order valence-electron chi connectivity index (χ3n) is 3.27. The van der Waals surface area contributed by atoms with Crippen LogP contribution in [0.3, 0.4) is 0 Å². The Morgan fingerprint density at radius 3 is 2.36 bits per heavy atom. The SMILES string of the molecule is CC(C)c1ccc(OCCOc2ccccc2C=NO)cc1. The average molecular weight is 299 g/mol. The molecule has 0 radical (unpaired) electrons. The molecule has 0 saturated heterocycles. The lowest BCUT2D eigenvalue weighted by atomic mass is 10.0. The molecule has 4 nitrogen and oxygen atoms in total. The van der Waals surface area contributed by atoms with Crippen LogP contribution in [0.5, 0.6) is 11.5 Å². The smallest absolute Gasteiger partial charge is 0.128 e. The van der Waals surface area contributed by atoms with Crippen LogP contribution in [0.4, 0.5) is 0 Å². The summed E-state index contributed by atoms with van der Waals surface area (Å²) in [5.74, 6) is 2.01. The molecule has 0 saturated carbocycles. The molecule has 2 aromatic carbocycles. The molecule has 0 fully saturated rings. The van der Waals surface area contributed by atoms with Crippen LogP contribution in [0.15, 0.2) is 53.7 Å². The van der Waals surface area contributed by atoms with Gasteiger partial charge in [0.15, 0.2) is 0 Å². The van der Waals surface area contributed by atoms with Crippen LogP contribution in [0.2, 0.25) is 0 Å². The summed E-state index contributed by atoms with van der Waals surface area (Å²) in [7, 11) is 0. The molecule has 0 aliphatic carbocycles. The summed E-state index contributed by atoms with van der Waals surface area (Å²) in [5.41, 5.74) is 2.02. The van der Waals surface area contributed by atoms with Gasteiger partial charge in [-0.2, -0.15) is 0 Å². The Labute approximate surface area is 131 Å². The molecule has 0 aliphatic rings. The van der Waals surface area contributed by atoms with Crippen molar-refractivity contribution in [1.29, 1.82) is 0 Å². The Morgan fingerprint density at radius 1 is 1.00 bits per heavy atom. The van der Waals surface area contributed by atoms with Crippen LogP contribution < -0.4 is 9.47 Å². The van der Waals surface area contributed by atoms with E-state index in [-0.39, 0.29) is 0 Å². The van der Waals surface area contributed by atoms with E-state index in [1.807, 2.05) is 36.4 Å². The molecular weight excluding hydrogens is 278 g/mol. The minimum absolute atomic E-state index is 0.419. The molecule has 0 bridgehead atoms. The minimum Gasteiger partial charge on any atom is -0.490 e. The molecule has 0 atom stereocenters. The van der Waals surface area contributed by atoms with E-state index in [1.165, 1.54) is 11.8 Å². The standard InChI is InChI=1S/C18H21NO3/c1-14(2)15-7-9-17(10-8-15)21-11-12-22-18-6-4-3-5-16(18)13-19-20/h3-10,13-14,20H,11-12H2,1-2H3. The van der Waals surface area contributed by atoms with E-state index >= 15 is 0 Å². The quantitative estimate of drug-likeness (QED) is 0.363. The summed E-state index contributed by atoms with van der Waals surface area (Å²) in [6.07, 6.45) is 1.35. The summed E-state index contributed by atoms with van der Waals surface area (Å²) in [5, 5.41) is 11.6. The number of nitrogens with zero attached hydrogens (tertiary/aromatic N) is 1. The molecule has 0 unspecified atom stereocenters. The normalized spacial score (nSPS) is 11.0. The van der Waals surface area contributed by atoms with Gasteiger partial charge in [0.2, 0.25) is 0 Å². The van der Waals surface area contributed by atoms with E-state index < -0.39 is 0 Å². The van der Waals surface area contributed by atoms with Gasteiger partial charge in [0.05, 0.1) is 6.21 Å². The Hall–Kier alpha value is -2.49. The first-order valence-electron chi connectivity index (χ1n) is 7.32. The van der Waals surface area contributed by atoms with Crippen molar-refractivity contribution >= 4 is 6.21 Å². The van der Waals surface area contributed by atoms with Crippen LogP contribution in [0, 0.1) is 0 Å². The van der Waals surface area contributed by atoms with E-state index in [0.29, 0.717) is 24.9 Å². The molecular formula is C18H21NO3. The minimum atomic E-state index is 0.419. The fraction of sp³-hybridized carbons (Fsp3) is 0.278. The molecule has 0 aromatic heterocycles. The first-order valence-corrected chi connectivity index (χ1v) is 7.32. The lowest BCUT2D eigenvalue weighted by Gasteiger charge is -2.11. The molecule has 2 aromatic rings. The van der Waals surface area contributed by atoms with Crippen LogP contribution >= 0.6 is 0 Å². The van der Waals surface area contributed by atoms with Gasteiger partial charge in [0.1, 0.15) is 24.7 Å². The average Bonchev–Trinajstić information content (AvgIpc) is 2.53. The monoisotopic (exact) mass is 299 g/mol. The van der Waals surface area contributed by atoms with Gasteiger partial charge in [0.25, 0.3) is 0 Å². The summed E-state index contributed by atoms with van der Waals surface area (Å²) in [6, 6.07) is 15.5. The second kappa shape index (κ2) is 8.08. The summed E-state index contributed by atoms with van der Waals surface area (Å²) in [4.78, 5) is 0. The number of para-hydroxylation sites is 1. The van der Waals surface area contributed by atoms with Crippen molar-refractivity contribution in [2.45, 2.75) is 19.8 Å². The maximum Gasteiger partial charge on any atom is 0.128 e. The van der Waals surface area contributed by atoms with Gasteiger partial charge in [-0.3, -0.25) is 0 Å². The van der Waals surface area contributed by atoms with Crippen molar-refractivity contribution in [3.05, 3.63) is 59.7 Å². The third kappa shape index (κ3) is 4.52. The van der Waals surface area contributed by atoms with Crippen molar-refractivity contribution in [3.63, 3.8) is 0 Å². The number of hydrogen-bond acceptors (Lipinski definition) is 4. The second-order valence-electron chi connectivity index (χ2n) is 5.20. The van der Waals surface area contributed by atoms with Gasteiger partial charge in [-0.25, -0.2) is 0 Å². The van der Waals surface area contributed by atoms with Gasteiger partial charge >= 0.3 is 0 Å². The molecule has 0 amide bonds. The molecule has 0 spiro atoms. The van der Waals surface area contributed by atoms with Crippen molar-refractivity contribution in [3.8, 4) is 11.5 Å². The molecule has 1 N–H and O–H groups in total. The molecule has 4 heteroatoms. The fourth-order valence-corrected chi connectivity index (χ4v) is 2.04. The van der Waals surface area contributed by atoms with E-state index in [2.05, 4.69) is 31.1 Å². The highest BCUT2D eigenvalue weighted by atomic mass is 16.5. The van der Waals surface area contributed by atoms with Gasteiger partial charge < -0.3 is 14.7 Å². The third-order valence-corrected chi connectivity index (χ3v) is 3.27. The topological polar surface area (TPSA) is 51.0 Å². The first kappa shape index (κ1) is 15.9. The van der Waals surface area contributed by atoms with Crippen LogP contribution in [-0.2, 0) is 0 Å². The van der Waals surface area contributed by atoms with Gasteiger partial charge in [-0.1, -0.05) is 43.3 Å². The highest BCUT2D eigenvalue weighted by Gasteiger charge is 2.02. The van der Waals surface area contributed by atoms with Crippen molar-refractivity contribution in [2.75, 3.05) is 13.2 Å². The summed E-state index contributed by atoms with van der Waals surface area (Å²) in [6.45, 7) is 5.20. The van der Waals surface area contributed by atoms with Crippen molar-refractivity contribution in [1.82, 2.24) is 0 Å². The molecule has 22 heavy (non-hydrogen) atoms. The fourth-order valence-electron chi connectivity index (χ4n) is 2.04. The second-order valence-corrected chi connectivity index (χ2v) is 5.20. The van der Waals surface area contributed by atoms with Gasteiger partial charge in [-0.05, 0) is 35.7 Å². The maximum atomic E-state index is 8.61. The Bertz CT molecular complexity index is 606. The number of hydrogen-bond donors (Lipinski definition) is 1. The number of ether oxygens (including phenoxy) is 2. The molecule has 0 heterocycles. The van der Waals surface area contributed by atoms with Crippen LogP contribution in [0.1, 0.15) is 30.9 Å². The lowest BCUT2D eigenvalue weighted by molar-refractivity contribution is 0.217. The maximum absolute atomic E-state index is 8.61. The predicted octanol–water partition coefficient (Wildman–Crippen LogP) is 4.08. The highest BCUT2D eigenvalue weighted by molar-refractivity contribution is 5.82. The van der Waals surface area contributed by atoms with Gasteiger partial charge in [-0.15, -0.1) is 0 Å². The van der Waals surface area contributed by atoms with Crippen molar-refractivity contribution in [2.24, 2.45) is 5.16 Å². The molecule has 0 aliphatic heterocycles. The summed E-state index contributed by atoms with van der Waals surface area (Å²) >= 11 is 0. The first-order chi connectivity index (χ1) is 10.7. The number of rotatable bonds is 7. The zero-order chi connectivity index (χ0) is 15.8. The van der Waals surface area contributed by atoms with Crippen molar-refractivity contribution < 1.29 is 14.7 Å². The Kier molecular flexibility index (Phi) is 5.83. The van der Waals surface area contributed by atoms with E-state index in [0.717, 1.165) is 11.3 Å². The molecule has 2 rings (SSSR count). The molecule has 116 valence electrons. The zero-order valence-corrected chi connectivity index (χ0v) is 12.9. The van der Waals surface area contributed by atoms with E-state index in [4.69, 9.17) is 14.7 Å². The van der Waals surface area contributed by atoms with Crippen LogP contribution in [-0.4, -0.2) is 24.6 Å². The van der Waals surface area contributed by atoms with E-state index in [9.17, 15) is 0 Å². The van der Waals surface area contributed by atoms with Gasteiger partial charge in [0, 0.05) is 5.56 Å². The Balaban J connectivity index is 1.82. The largest absolute Gasteiger partial charge is 0.490 e. The lowest BCUT2D eigenvalue weighted by Crippen LogP contribution is -2.10. The summed E-state index contributed by atoms with van der Waals surface area (Å²) < 4.78 is 11.3. The Morgan fingerprint density at radius 2 is 1.68 bits per heavy atom. The van der Waals surface area contributed by atoms with Crippen LogP contribution in [0.25, 0.3) is 0 Å². The number of oxime groups is 1. The zero-order valence-electron chi connectivity index (χ0n) is 12.9. The highest BCUT2D eigenvalue weighted by Crippen LogP contribution is 2.19. The van der Waals surface area contributed by atoms with E-state index in [1.54, 1.807) is 0 Å². The number of benzene rings is 2.